The monoisotopic (exact) mass is 268 g/mol. The Balaban J connectivity index is 1.73. The third-order valence-corrected chi connectivity index (χ3v) is 3.92. The van der Waals surface area contributed by atoms with E-state index in [9.17, 15) is 9.59 Å². The van der Waals surface area contributed by atoms with Gasteiger partial charge in [0.05, 0.1) is 6.42 Å². The van der Waals surface area contributed by atoms with Gasteiger partial charge >= 0.3 is 5.97 Å². The van der Waals surface area contributed by atoms with Gasteiger partial charge in [-0.25, -0.2) is 0 Å². The number of carboxylic acids is 1. The molecule has 2 N–H and O–H groups in total. The first-order valence-electron chi connectivity index (χ1n) is 7.11. The molecule has 1 saturated carbocycles. The van der Waals surface area contributed by atoms with E-state index in [1.807, 2.05) is 13.8 Å². The molecule has 19 heavy (non-hydrogen) atoms. The number of carbonyl (C=O) groups excluding carboxylic acids is 1. The lowest BCUT2D eigenvalue weighted by atomic mass is 9.85. The van der Waals surface area contributed by atoms with E-state index in [2.05, 4.69) is 10.2 Å². The van der Waals surface area contributed by atoms with Gasteiger partial charge in [0.2, 0.25) is 5.91 Å². The standard InChI is InChI=1S/C14H24N2O3/c1-14(2,8-13(18)19)7-12(17)15-10-5-6-16(9-10)11-3-4-11/h10-11H,3-9H2,1-2H3,(H,15,17)(H,18,19). The average Bonchev–Trinajstić information content (AvgIpc) is 2.97. The topological polar surface area (TPSA) is 69.6 Å². The largest absolute Gasteiger partial charge is 0.481 e. The van der Waals surface area contributed by atoms with Crippen molar-refractivity contribution in [2.45, 2.75) is 58.0 Å². The van der Waals surface area contributed by atoms with Gasteiger partial charge in [-0.15, -0.1) is 0 Å². The second kappa shape index (κ2) is 5.49. The fourth-order valence-corrected chi connectivity index (χ4v) is 2.86. The Morgan fingerprint density at radius 2 is 1.95 bits per heavy atom. The third kappa shape index (κ3) is 4.49. The number of amides is 1. The van der Waals surface area contributed by atoms with Gasteiger partial charge in [-0.05, 0) is 24.7 Å². The summed E-state index contributed by atoms with van der Waals surface area (Å²) in [5.41, 5.74) is -0.481. The van der Waals surface area contributed by atoms with Crippen LogP contribution in [-0.2, 0) is 9.59 Å². The summed E-state index contributed by atoms with van der Waals surface area (Å²) < 4.78 is 0. The molecular weight excluding hydrogens is 244 g/mol. The molecule has 1 heterocycles. The maximum Gasteiger partial charge on any atom is 0.303 e. The smallest absolute Gasteiger partial charge is 0.303 e. The Morgan fingerprint density at radius 1 is 1.26 bits per heavy atom. The molecule has 0 aromatic carbocycles. The number of nitrogens with one attached hydrogen (secondary N) is 1. The molecule has 5 nitrogen and oxygen atoms in total. The summed E-state index contributed by atoms with van der Waals surface area (Å²) in [6, 6.07) is 0.999. The Morgan fingerprint density at radius 3 is 2.53 bits per heavy atom. The van der Waals surface area contributed by atoms with Crippen molar-refractivity contribution in [1.29, 1.82) is 0 Å². The van der Waals surface area contributed by atoms with Crippen LogP contribution in [0.5, 0.6) is 0 Å². The molecule has 2 fully saturated rings. The Hall–Kier alpha value is -1.10. The minimum absolute atomic E-state index is 0.0195. The Bertz CT molecular complexity index is 364. The highest BCUT2D eigenvalue weighted by Crippen LogP contribution is 2.30. The van der Waals surface area contributed by atoms with Gasteiger partial charge in [-0.3, -0.25) is 14.5 Å². The van der Waals surface area contributed by atoms with Gasteiger partial charge < -0.3 is 10.4 Å². The van der Waals surface area contributed by atoms with Crippen LogP contribution in [0.2, 0.25) is 0 Å². The molecule has 0 spiro atoms. The SMILES string of the molecule is CC(C)(CC(=O)O)CC(=O)NC1CCN(C2CC2)C1. The second-order valence-corrected chi connectivity index (χ2v) is 6.69. The van der Waals surface area contributed by atoms with Gasteiger partial charge in [-0.2, -0.15) is 0 Å². The zero-order valence-electron chi connectivity index (χ0n) is 11.8. The molecule has 5 heteroatoms. The van der Waals surface area contributed by atoms with Crippen LogP contribution in [0.15, 0.2) is 0 Å². The number of hydrogen-bond donors (Lipinski definition) is 2. The van der Waals surface area contributed by atoms with Crippen molar-refractivity contribution in [3.8, 4) is 0 Å². The first-order chi connectivity index (χ1) is 8.85. The fourth-order valence-electron chi connectivity index (χ4n) is 2.86. The molecular formula is C14H24N2O3. The molecule has 2 rings (SSSR count). The summed E-state index contributed by atoms with van der Waals surface area (Å²) in [5, 5.41) is 11.9. The highest BCUT2D eigenvalue weighted by atomic mass is 16.4. The number of carboxylic acid groups (broad SMARTS) is 1. The van der Waals surface area contributed by atoms with Crippen LogP contribution in [0.4, 0.5) is 0 Å². The Kier molecular flexibility index (Phi) is 4.13. The zero-order valence-corrected chi connectivity index (χ0v) is 11.8. The molecule has 1 aliphatic carbocycles. The van der Waals surface area contributed by atoms with Crippen LogP contribution in [-0.4, -0.2) is 47.1 Å². The summed E-state index contributed by atoms with van der Waals surface area (Å²) in [6.07, 6.45) is 3.92. The van der Waals surface area contributed by atoms with Crippen molar-refractivity contribution in [3.63, 3.8) is 0 Å². The van der Waals surface area contributed by atoms with Crippen LogP contribution in [0.25, 0.3) is 0 Å². The van der Waals surface area contributed by atoms with Gasteiger partial charge in [0, 0.05) is 31.6 Å². The normalized spacial score (nSPS) is 24.4. The first kappa shape index (κ1) is 14.3. The van der Waals surface area contributed by atoms with E-state index in [0.29, 0.717) is 0 Å². The molecule has 0 aromatic rings. The molecule has 0 aromatic heterocycles. The fraction of sp³-hybridized carbons (Fsp3) is 0.857. The molecule has 1 atom stereocenters. The van der Waals surface area contributed by atoms with E-state index in [4.69, 9.17) is 5.11 Å². The summed E-state index contributed by atoms with van der Waals surface area (Å²) in [5.74, 6) is -0.868. The summed E-state index contributed by atoms with van der Waals surface area (Å²) in [7, 11) is 0. The number of carbonyl (C=O) groups is 2. The molecule has 2 aliphatic rings. The van der Waals surface area contributed by atoms with Crippen molar-refractivity contribution >= 4 is 11.9 Å². The van der Waals surface area contributed by atoms with Crippen LogP contribution in [0.1, 0.15) is 46.0 Å². The minimum atomic E-state index is -0.849. The highest BCUT2D eigenvalue weighted by molar-refractivity contribution is 5.78. The predicted molar refractivity (Wildman–Crippen MR) is 71.8 cm³/mol. The van der Waals surface area contributed by atoms with Crippen molar-refractivity contribution in [2.75, 3.05) is 13.1 Å². The quantitative estimate of drug-likeness (QED) is 0.760. The molecule has 0 radical (unpaired) electrons. The summed E-state index contributed by atoms with van der Waals surface area (Å²) in [6.45, 7) is 5.68. The molecule has 1 unspecified atom stereocenters. The molecule has 1 saturated heterocycles. The van der Waals surface area contributed by atoms with Crippen LogP contribution >= 0.6 is 0 Å². The van der Waals surface area contributed by atoms with Crippen LogP contribution in [0.3, 0.4) is 0 Å². The van der Waals surface area contributed by atoms with Crippen LogP contribution < -0.4 is 5.32 Å². The van der Waals surface area contributed by atoms with Crippen molar-refractivity contribution < 1.29 is 14.7 Å². The number of likely N-dealkylation sites (tertiary alicyclic amines) is 1. The molecule has 0 bridgehead atoms. The maximum atomic E-state index is 12.0. The predicted octanol–water partition coefficient (Wildman–Crippen LogP) is 1.23. The van der Waals surface area contributed by atoms with E-state index >= 15 is 0 Å². The number of hydrogen-bond acceptors (Lipinski definition) is 3. The Labute approximate surface area is 114 Å². The summed E-state index contributed by atoms with van der Waals surface area (Å²) in [4.78, 5) is 25.1. The van der Waals surface area contributed by atoms with E-state index in [-0.39, 0.29) is 24.8 Å². The van der Waals surface area contributed by atoms with Gasteiger partial charge in [0.15, 0.2) is 0 Å². The average molecular weight is 268 g/mol. The molecule has 1 amide bonds. The second-order valence-electron chi connectivity index (χ2n) is 6.69. The lowest BCUT2D eigenvalue weighted by Crippen LogP contribution is -2.39. The van der Waals surface area contributed by atoms with Crippen molar-refractivity contribution in [2.24, 2.45) is 5.41 Å². The van der Waals surface area contributed by atoms with Gasteiger partial charge in [0.1, 0.15) is 0 Å². The molecule has 1 aliphatic heterocycles. The zero-order chi connectivity index (χ0) is 14.0. The maximum absolute atomic E-state index is 12.0. The van der Waals surface area contributed by atoms with Crippen molar-refractivity contribution in [3.05, 3.63) is 0 Å². The first-order valence-corrected chi connectivity index (χ1v) is 7.11. The minimum Gasteiger partial charge on any atom is -0.481 e. The highest BCUT2D eigenvalue weighted by Gasteiger charge is 2.35. The van der Waals surface area contributed by atoms with E-state index < -0.39 is 11.4 Å². The third-order valence-electron chi connectivity index (χ3n) is 3.92. The lowest BCUT2D eigenvalue weighted by molar-refractivity contribution is -0.139. The number of aliphatic carboxylic acids is 1. The molecule has 108 valence electrons. The van der Waals surface area contributed by atoms with E-state index in [0.717, 1.165) is 25.6 Å². The van der Waals surface area contributed by atoms with Gasteiger partial charge in [-0.1, -0.05) is 13.8 Å². The lowest BCUT2D eigenvalue weighted by Gasteiger charge is -2.23. The van der Waals surface area contributed by atoms with Gasteiger partial charge in [0.25, 0.3) is 0 Å². The number of nitrogens with zero attached hydrogens (tertiary/aromatic N) is 1. The number of rotatable bonds is 6. The summed E-state index contributed by atoms with van der Waals surface area (Å²) >= 11 is 0. The van der Waals surface area contributed by atoms with Crippen molar-refractivity contribution in [1.82, 2.24) is 10.2 Å². The van der Waals surface area contributed by atoms with E-state index in [1.165, 1.54) is 12.8 Å². The van der Waals surface area contributed by atoms with E-state index in [1.54, 1.807) is 0 Å². The van der Waals surface area contributed by atoms with Crippen LogP contribution in [0, 0.1) is 5.41 Å².